The Morgan fingerprint density at radius 3 is 2.48 bits per heavy atom. The number of nitrogens with two attached hydrogens (primary N) is 1. The summed E-state index contributed by atoms with van der Waals surface area (Å²) >= 11 is 0. The van der Waals surface area contributed by atoms with Gasteiger partial charge in [0.05, 0.1) is 12.0 Å². The first-order chi connectivity index (χ1) is 11.8. The predicted octanol–water partition coefficient (Wildman–Crippen LogP) is 1.96. The molecule has 0 radical (unpaired) electrons. The topological polar surface area (TPSA) is 110 Å². The van der Waals surface area contributed by atoms with Crippen molar-refractivity contribution in [2.24, 2.45) is 17.6 Å². The predicted molar refractivity (Wildman–Crippen MR) is 88.9 cm³/mol. The monoisotopic (exact) mass is 344 g/mol. The molecular formula is C18H20N2O5. The Morgan fingerprint density at radius 1 is 1.32 bits per heavy atom. The molecule has 0 bridgehead atoms. The first-order valence-electron chi connectivity index (χ1n) is 8.12. The first kappa shape index (κ1) is 17.0. The first-order valence-corrected chi connectivity index (χ1v) is 8.12. The minimum atomic E-state index is -1.09. The molecule has 3 rings (SSSR count). The number of hydrogen-bond acceptors (Lipinski definition) is 4. The van der Waals surface area contributed by atoms with Crippen LogP contribution in [0, 0.1) is 11.8 Å². The molecule has 0 unspecified atom stereocenters. The number of ether oxygens (including phenoxy) is 1. The summed E-state index contributed by atoms with van der Waals surface area (Å²) in [7, 11) is 0. The number of rotatable bonds is 5. The summed E-state index contributed by atoms with van der Waals surface area (Å²) in [6, 6.07) is 6.98. The largest absolute Gasteiger partial charge is 0.477 e. The van der Waals surface area contributed by atoms with Crippen LogP contribution in [0.4, 0.5) is 4.79 Å². The van der Waals surface area contributed by atoms with Gasteiger partial charge in [-0.1, -0.05) is 38.1 Å². The highest BCUT2D eigenvalue weighted by atomic mass is 16.5. The number of amides is 2. The normalized spacial score (nSPS) is 22.0. The van der Waals surface area contributed by atoms with Crippen LogP contribution in [0.1, 0.15) is 31.4 Å². The highest BCUT2D eigenvalue weighted by Gasteiger charge is 2.55. The number of β-lactam (4-membered cyclic amide) rings is 1. The van der Waals surface area contributed by atoms with Gasteiger partial charge in [0.2, 0.25) is 5.91 Å². The molecule has 1 aromatic carbocycles. The molecule has 7 heteroatoms. The number of carbonyl (C=O) groups is 3. The SMILES string of the molecule is CC(C)[C@H]1C(=O)N2C(C(=O)O)=C(c3ccc(COC(N)=O)cc3)C[C@H]12. The fourth-order valence-corrected chi connectivity index (χ4v) is 3.69. The van der Waals surface area contributed by atoms with Crippen molar-refractivity contribution in [2.75, 3.05) is 0 Å². The number of aliphatic carboxylic acids is 1. The van der Waals surface area contributed by atoms with E-state index in [-0.39, 0.29) is 36.1 Å². The second-order valence-electron chi connectivity index (χ2n) is 6.69. The fourth-order valence-electron chi connectivity index (χ4n) is 3.69. The molecule has 2 aliphatic heterocycles. The van der Waals surface area contributed by atoms with E-state index in [2.05, 4.69) is 0 Å². The molecule has 0 spiro atoms. The van der Waals surface area contributed by atoms with E-state index in [0.29, 0.717) is 12.0 Å². The Labute approximate surface area is 145 Å². The molecule has 0 aliphatic carbocycles. The maximum Gasteiger partial charge on any atom is 0.404 e. The summed E-state index contributed by atoms with van der Waals surface area (Å²) in [5, 5.41) is 9.59. The lowest BCUT2D eigenvalue weighted by Gasteiger charge is -2.45. The number of carboxylic acids is 1. The summed E-state index contributed by atoms with van der Waals surface area (Å²) in [5.41, 5.74) is 7.18. The van der Waals surface area contributed by atoms with Crippen molar-refractivity contribution in [3.63, 3.8) is 0 Å². The van der Waals surface area contributed by atoms with Gasteiger partial charge >= 0.3 is 12.1 Å². The molecule has 2 atom stereocenters. The number of benzene rings is 1. The van der Waals surface area contributed by atoms with Crippen LogP contribution >= 0.6 is 0 Å². The second kappa shape index (κ2) is 6.23. The summed E-state index contributed by atoms with van der Waals surface area (Å²) in [4.78, 5) is 36.1. The lowest BCUT2D eigenvalue weighted by Crippen LogP contribution is -2.60. The number of carboxylic acid groups (broad SMARTS) is 1. The zero-order valence-electron chi connectivity index (χ0n) is 14.1. The highest BCUT2D eigenvalue weighted by molar-refractivity contribution is 6.06. The van der Waals surface area contributed by atoms with Crippen LogP contribution < -0.4 is 5.73 Å². The van der Waals surface area contributed by atoms with Crippen molar-refractivity contribution in [2.45, 2.75) is 32.9 Å². The molecule has 3 N–H and O–H groups in total. The van der Waals surface area contributed by atoms with E-state index in [9.17, 15) is 19.5 Å². The molecule has 0 saturated carbocycles. The number of hydrogen-bond donors (Lipinski definition) is 2. The van der Waals surface area contributed by atoms with Crippen LogP contribution in [-0.2, 0) is 20.9 Å². The lowest BCUT2D eigenvalue weighted by molar-refractivity contribution is -0.157. The van der Waals surface area contributed by atoms with Gasteiger partial charge in [0.15, 0.2) is 0 Å². The van der Waals surface area contributed by atoms with E-state index in [4.69, 9.17) is 10.5 Å². The minimum absolute atomic E-state index is 0.0586. The molecule has 1 saturated heterocycles. The molecule has 7 nitrogen and oxygen atoms in total. The van der Waals surface area contributed by atoms with Gasteiger partial charge in [-0.3, -0.25) is 4.79 Å². The maximum atomic E-state index is 12.3. The Morgan fingerprint density at radius 2 is 1.96 bits per heavy atom. The van der Waals surface area contributed by atoms with Crippen molar-refractivity contribution < 1.29 is 24.2 Å². The van der Waals surface area contributed by atoms with Crippen molar-refractivity contribution >= 4 is 23.5 Å². The number of primary amides is 1. The van der Waals surface area contributed by atoms with Crippen LogP contribution in [0.15, 0.2) is 30.0 Å². The number of nitrogens with zero attached hydrogens (tertiary/aromatic N) is 1. The third-order valence-corrected chi connectivity index (χ3v) is 4.81. The molecule has 2 aliphatic rings. The second-order valence-corrected chi connectivity index (χ2v) is 6.69. The van der Waals surface area contributed by atoms with Gasteiger partial charge < -0.3 is 20.5 Å². The highest BCUT2D eigenvalue weighted by Crippen LogP contribution is 2.48. The number of fused-ring (bicyclic) bond motifs is 1. The van der Waals surface area contributed by atoms with Crippen molar-refractivity contribution in [3.05, 3.63) is 41.1 Å². The summed E-state index contributed by atoms with van der Waals surface area (Å²) in [5.74, 6) is -1.15. The van der Waals surface area contributed by atoms with Gasteiger partial charge in [-0.15, -0.1) is 0 Å². The molecule has 1 aromatic rings. The molecule has 1 fully saturated rings. The van der Waals surface area contributed by atoms with E-state index in [1.807, 2.05) is 13.8 Å². The van der Waals surface area contributed by atoms with Crippen molar-refractivity contribution in [1.29, 1.82) is 0 Å². The smallest absolute Gasteiger partial charge is 0.404 e. The van der Waals surface area contributed by atoms with Gasteiger partial charge in [-0.05, 0) is 29.0 Å². The molecule has 0 aromatic heterocycles. The summed E-state index contributed by atoms with van der Waals surface area (Å²) in [6.07, 6.45) is -0.314. The molecule has 2 heterocycles. The molecule has 132 valence electrons. The van der Waals surface area contributed by atoms with Crippen LogP contribution in [0.25, 0.3) is 5.57 Å². The van der Waals surface area contributed by atoms with Gasteiger partial charge in [-0.2, -0.15) is 0 Å². The Bertz CT molecular complexity index is 766. The van der Waals surface area contributed by atoms with E-state index < -0.39 is 12.1 Å². The third-order valence-electron chi connectivity index (χ3n) is 4.81. The van der Waals surface area contributed by atoms with E-state index in [0.717, 1.165) is 11.1 Å². The Kier molecular flexibility index (Phi) is 4.24. The average molecular weight is 344 g/mol. The third kappa shape index (κ3) is 2.86. The molecular weight excluding hydrogens is 324 g/mol. The maximum absolute atomic E-state index is 12.3. The standard InChI is InChI=1S/C18H20N2O5/c1-9(2)14-13-7-12(15(17(22)23)20(13)16(14)21)11-5-3-10(4-6-11)8-25-18(19)24/h3-6,9,13-14H,7-8H2,1-2H3,(H2,19,24)(H,22,23)/t13-,14-/m1/s1. The zero-order chi connectivity index (χ0) is 18.3. The van der Waals surface area contributed by atoms with Crippen LogP contribution in [0.2, 0.25) is 0 Å². The number of carbonyl (C=O) groups excluding carboxylic acids is 2. The van der Waals surface area contributed by atoms with Crippen LogP contribution in [0.5, 0.6) is 0 Å². The van der Waals surface area contributed by atoms with Crippen LogP contribution in [0.3, 0.4) is 0 Å². The fraction of sp³-hybridized carbons (Fsp3) is 0.389. The van der Waals surface area contributed by atoms with Gasteiger partial charge in [-0.25, -0.2) is 9.59 Å². The zero-order valence-corrected chi connectivity index (χ0v) is 14.1. The summed E-state index contributed by atoms with van der Waals surface area (Å²) < 4.78 is 4.73. The minimum Gasteiger partial charge on any atom is -0.477 e. The van der Waals surface area contributed by atoms with E-state index >= 15 is 0 Å². The van der Waals surface area contributed by atoms with E-state index in [1.165, 1.54) is 4.90 Å². The van der Waals surface area contributed by atoms with Gasteiger partial charge in [0.25, 0.3) is 0 Å². The average Bonchev–Trinajstić information content (AvgIpc) is 2.88. The van der Waals surface area contributed by atoms with Crippen molar-refractivity contribution in [3.8, 4) is 0 Å². The van der Waals surface area contributed by atoms with E-state index in [1.54, 1.807) is 24.3 Å². The summed E-state index contributed by atoms with van der Waals surface area (Å²) in [6.45, 7) is 4.01. The van der Waals surface area contributed by atoms with Gasteiger partial charge in [0, 0.05) is 0 Å². The Hall–Kier alpha value is -2.83. The quantitative estimate of drug-likeness (QED) is 0.794. The van der Waals surface area contributed by atoms with Gasteiger partial charge in [0.1, 0.15) is 12.3 Å². The molecule has 2 amide bonds. The van der Waals surface area contributed by atoms with Crippen molar-refractivity contribution in [1.82, 2.24) is 4.90 Å². The molecule has 25 heavy (non-hydrogen) atoms. The van der Waals surface area contributed by atoms with Crippen LogP contribution in [-0.4, -0.2) is 34.0 Å². The lowest BCUT2D eigenvalue weighted by atomic mass is 9.78. The Balaban J connectivity index is 1.87.